The molecule has 208 valence electrons. The topological polar surface area (TPSA) is 122 Å². The maximum Gasteiger partial charge on any atom is 0.259 e. The summed E-state index contributed by atoms with van der Waals surface area (Å²) in [4.78, 5) is 49.7. The summed E-state index contributed by atoms with van der Waals surface area (Å²) in [6.07, 6.45) is 5.95. The predicted octanol–water partition coefficient (Wildman–Crippen LogP) is 3.65. The first-order valence-corrected chi connectivity index (χ1v) is 14.7. The van der Waals surface area contributed by atoms with Gasteiger partial charge in [-0.05, 0) is 49.1 Å². The van der Waals surface area contributed by atoms with E-state index in [0.29, 0.717) is 34.7 Å². The molecule has 4 aliphatic rings. The number of carbonyl (C=O) groups is 3. The van der Waals surface area contributed by atoms with Crippen molar-refractivity contribution in [3.05, 3.63) is 53.6 Å². The Morgan fingerprint density at radius 3 is 2.73 bits per heavy atom. The van der Waals surface area contributed by atoms with Crippen molar-refractivity contribution in [3.63, 3.8) is 0 Å². The molecule has 0 saturated heterocycles. The van der Waals surface area contributed by atoms with Crippen LogP contribution in [0.1, 0.15) is 56.1 Å². The van der Waals surface area contributed by atoms with Crippen LogP contribution >= 0.6 is 11.8 Å². The Labute approximate surface area is 236 Å². The molecule has 10 nitrogen and oxygen atoms in total. The van der Waals surface area contributed by atoms with Crippen LogP contribution in [0.25, 0.3) is 0 Å². The standard InChI is InChI=1S/C29H31N5O5S/c35-25(30-15-18-10-12-23-24(14-18)39-17-38-23)13-11-22-28(37)34-27(32-22)20-8-4-5-9-21(20)33-29(34)40-16-26(36)31-19-6-2-1-3-7-19/h4-5,8-10,12,14,19,22H,1-3,6-7,11,13,15-17H2,(H,30,35)(H,31,36). The van der Waals surface area contributed by atoms with Crippen LogP contribution in [0, 0.1) is 0 Å². The number of amides is 3. The van der Waals surface area contributed by atoms with E-state index in [2.05, 4.69) is 10.6 Å². The van der Waals surface area contributed by atoms with Crippen LogP contribution in [0.15, 0.2) is 52.4 Å². The van der Waals surface area contributed by atoms with E-state index < -0.39 is 6.04 Å². The number of carbonyl (C=O) groups excluding carboxylic acids is 3. The third-order valence-electron chi connectivity index (χ3n) is 7.42. The molecule has 0 spiro atoms. The lowest BCUT2D eigenvalue weighted by Gasteiger charge is -2.26. The molecule has 40 heavy (non-hydrogen) atoms. The highest BCUT2D eigenvalue weighted by molar-refractivity contribution is 8.14. The number of nitrogens with one attached hydrogen (secondary N) is 2. The van der Waals surface area contributed by atoms with Gasteiger partial charge in [-0.25, -0.2) is 9.89 Å². The summed E-state index contributed by atoms with van der Waals surface area (Å²) in [5, 5.41) is 6.46. The number of thioether (sulfide) groups is 1. The molecule has 11 heteroatoms. The first-order chi connectivity index (χ1) is 19.5. The molecule has 3 amide bonds. The van der Waals surface area contributed by atoms with Crippen molar-refractivity contribution in [1.29, 1.82) is 0 Å². The molecule has 6 rings (SSSR count). The van der Waals surface area contributed by atoms with E-state index in [9.17, 15) is 14.4 Å². The van der Waals surface area contributed by atoms with Crippen molar-refractivity contribution in [1.82, 2.24) is 15.5 Å². The van der Waals surface area contributed by atoms with Crippen LogP contribution in [0.4, 0.5) is 5.69 Å². The van der Waals surface area contributed by atoms with Gasteiger partial charge >= 0.3 is 0 Å². The summed E-state index contributed by atoms with van der Waals surface area (Å²) in [6.45, 7) is 0.543. The largest absolute Gasteiger partial charge is 0.454 e. The van der Waals surface area contributed by atoms with E-state index in [1.165, 1.54) is 23.1 Å². The van der Waals surface area contributed by atoms with Crippen molar-refractivity contribution in [3.8, 4) is 11.5 Å². The number of benzene rings is 2. The maximum absolute atomic E-state index is 13.5. The fraction of sp³-hybridized carbons (Fsp3) is 0.414. The molecule has 3 heterocycles. The van der Waals surface area contributed by atoms with Gasteiger partial charge in [0, 0.05) is 24.6 Å². The van der Waals surface area contributed by atoms with E-state index in [0.717, 1.165) is 36.8 Å². The summed E-state index contributed by atoms with van der Waals surface area (Å²) >= 11 is 1.24. The molecule has 2 aromatic rings. The summed E-state index contributed by atoms with van der Waals surface area (Å²) in [6, 6.07) is 12.6. The van der Waals surface area contributed by atoms with Crippen LogP contribution < -0.4 is 20.1 Å². The summed E-state index contributed by atoms with van der Waals surface area (Å²) in [5.41, 5.74) is 2.37. The van der Waals surface area contributed by atoms with Crippen LogP contribution in [0.2, 0.25) is 0 Å². The quantitative estimate of drug-likeness (QED) is 0.508. The predicted molar refractivity (Wildman–Crippen MR) is 152 cm³/mol. The highest BCUT2D eigenvalue weighted by atomic mass is 32.2. The van der Waals surface area contributed by atoms with Crippen molar-refractivity contribution in [2.45, 2.75) is 63.6 Å². The number of hydrogen-bond acceptors (Lipinski definition) is 8. The van der Waals surface area contributed by atoms with Gasteiger partial charge in [-0.3, -0.25) is 19.4 Å². The lowest BCUT2D eigenvalue weighted by atomic mass is 9.95. The third kappa shape index (κ3) is 5.70. The maximum atomic E-state index is 13.5. The number of amidine groups is 2. The molecule has 0 aromatic heterocycles. The fourth-order valence-corrected chi connectivity index (χ4v) is 6.15. The summed E-state index contributed by atoms with van der Waals surface area (Å²) < 4.78 is 10.7. The number of nitrogens with zero attached hydrogens (tertiary/aromatic N) is 3. The molecule has 0 radical (unpaired) electrons. The highest BCUT2D eigenvalue weighted by Crippen LogP contribution is 2.35. The minimum Gasteiger partial charge on any atom is -0.454 e. The Kier molecular flexibility index (Phi) is 7.72. The van der Waals surface area contributed by atoms with Crippen LogP contribution in [-0.4, -0.2) is 58.3 Å². The minimum absolute atomic E-state index is 0.0562. The van der Waals surface area contributed by atoms with Gasteiger partial charge in [0.05, 0.1) is 11.4 Å². The zero-order valence-corrected chi connectivity index (χ0v) is 22.9. The Morgan fingerprint density at radius 2 is 1.85 bits per heavy atom. The zero-order valence-electron chi connectivity index (χ0n) is 22.1. The molecule has 1 atom stereocenters. The van der Waals surface area contributed by atoms with E-state index in [-0.39, 0.29) is 49.2 Å². The van der Waals surface area contributed by atoms with Crippen LogP contribution in [0.5, 0.6) is 11.5 Å². The lowest BCUT2D eigenvalue weighted by Crippen LogP contribution is -2.42. The normalized spacial score (nSPS) is 19.4. The van der Waals surface area contributed by atoms with Crippen LogP contribution in [0.3, 0.4) is 0 Å². The van der Waals surface area contributed by atoms with Gasteiger partial charge in [0.1, 0.15) is 11.9 Å². The summed E-state index contributed by atoms with van der Waals surface area (Å²) in [7, 11) is 0. The fourth-order valence-electron chi connectivity index (χ4n) is 5.34. The van der Waals surface area contributed by atoms with E-state index in [1.807, 2.05) is 42.5 Å². The van der Waals surface area contributed by atoms with Gasteiger partial charge in [0.15, 0.2) is 16.7 Å². The number of aliphatic imine (C=N–C) groups is 2. The molecular formula is C29H31N5O5S. The van der Waals surface area contributed by atoms with Crippen molar-refractivity contribution in [2.24, 2.45) is 9.98 Å². The Bertz CT molecular complexity index is 1390. The van der Waals surface area contributed by atoms with Crippen molar-refractivity contribution >= 4 is 46.2 Å². The second-order valence-corrected chi connectivity index (χ2v) is 11.2. The molecule has 2 N–H and O–H groups in total. The molecule has 1 saturated carbocycles. The zero-order chi connectivity index (χ0) is 27.5. The molecule has 3 aliphatic heterocycles. The van der Waals surface area contributed by atoms with Gasteiger partial charge < -0.3 is 20.1 Å². The molecule has 1 fully saturated rings. The van der Waals surface area contributed by atoms with Crippen molar-refractivity contribution < 1.29 is 23.9 Å². The van der Waals surface area contributed by atoms with Crippen molar-refractivity contribution in [2.75, 3.05) is 12.5 Å². The number of ether oxygens (including phenoxy) is 2. The lowest BCUT2D eigenvalue weighted by molar-refractivity contribution is -0.125. The second-order valence-electron chi connectivity index (χ2n) is 10.2. The first kappa shape index (κ1) is 26.4. The summed E-state index contributed by atoms with van der Waals surface area (Å²) in [5.74, 6) is 1.60. The average Bonchev–Trinajstić information content (AvgIpc) is 3.58. The van der Waals surface area contributed by atoms with Gasteiger partial charge in [0.25, 0.3) is 5.91 Å². The Balaban J connectivity index is 1.07. The number of fused-ring (bicyclic) bond motifs is 4. The number of hydrogen-bond donors (Lipinski definition) is 2. The minimum atomic E-state index is -0.695. The van der Waals surface area contributed by atoms with E-state index >= 15 is 0 Å². The second kappa shape index (κ2) is 11.7. The molecular weight excluding hydrogens is 530 g/mol. The molecule has 2 aromatic carbocycles. The SMILES string of the molecule is O=C(CCC1N=C2c3ccccc3N=C(SCC(=O)NC3CCCCC3)N2C1=O)NCc1ccc2c(c1)OCO2. The molecule has 1 unspecified atom stereocenters. The van der Waals surface area contributed by atoms with Crippen LogP contribution in [-0.2, 0) is 20.9 Å². The van der Waals surface area contributed by atoms with Gasteiger partial charge in [-0.15, -0.1) is 0 Å². The highest BCUT2D eigenvalue weighted by Gasteiger charge is 2.41. The van der Waals surface area contributed by atoms with E-state index in [4.69, 9.17) is 19.5 Å². The molecule has 0 bridgehead atoms. The Morgan fingerprint density at radius 1 is 1.02 bits per heavy atom. The Hall–Kier alpha value is -3.86. The number of para-hydroxylation sites is 1. The average molecular weight is 562 g/mol. The monoisotopic (exact) mass is 561 g/mol. The first-order valence-electron chi connectivity index (χ1n) is 13.7. The van der Waals surface area contributed by atoms with Gasteiger partial charge in [-0.2, -0.15) is 0 Å². The molecule has 1 aliphatic carbocycles. The number of rotatable bonds is 8. The third-order valence-corrected chi connectivity index (χ3v) is 8.36. The van der Waals surface area contributed by atoms with E-state index in [1.54, 1.807) is 0 Å². The smallest absolute Gasteiger partial charge is 0.259 e. The van der Waals surface area contributed by atoms with Gasteiger partial charge in [-0.1, -0.05) is 49.2 Å². The van der Waals surface area contributed by atoms with Gasteiger partial charge in [0.2, 0.25) is 18.6 Å².